The number of benzene rings is 2. The van der Waals surface area contributed by atoms with E-state index >= 15 is 0 Å². The van der Waals surface area contributed by atoms with Crippen LogP contribution in [0.25, 0.3) is 0 Å². The number of nitrogens with one attached hydrogen (secondary N) is 2. The summed E-state index contributed by atoms with van der Waals surface area (Å²) < 4.78 is 1.67. The molecule has 2 aromatic carbocycles. The third-order valence-corrected chi connectivity index (χ3v) is 6.35. The molecule has 0 aliphatic carbocycles. The third-order valence-electron chi connectivity index (χ3n) is 4.28. The summed E-state index contributed by atoms with van der Waals surface area (Å²) in [4.78, 5) is 24.6. The molecule has 162 valence electrons. The van der Waals surface area contributed by atoms with Crippen molar-refractivity contribution in [2.75, 3.05) is 16.4 Å². The number of carbonyl (C=O) groups is 2. The van der Waals surface area contributed by atoms with Gasteiger partial charge in [-0.1, -0.05) is 58.7 Å². The second-order valence-electron chi connectivity index (χ2n) is 6.58. The third kappa shape index (κ3) is 6.13. The lowest BCUT2D eigenvalue weighted by atomic mass is 10.2. The summed E-state index contributed by atoms with van der Waals surface area (Å²) in [5.74, 6) is 0.0605. The van der Waals surface area contributed by atoms with Crippen molar-refractivity contribution in [1.29, 1.82) is 0 Å². The van der Waals surface area contributed by atoms with Gasteiger partial charge in [0.2, 0.25) is 11.8 Å². The number of amides is 2. The molecule has 11 heteroatoms. The SMILES string of the molecule is Cc1ccc(Cl)cc1NC(=O)CSc1nnc(CC(=O)Nc2cccc(Cl)c2Cl)n1C. The molecule has 0 fully saturated rings. The zero-order valence-corrected chi connectivity index (χ0v) is 19.7. The predicted molar refractivity (Wildman–Crippen MR) is 125 cm³/mol. The van der Waals surface area contributed by atoms with Crippen LogP contribution in [-0.2, 0) is 23.1 Å². The van der Waals surface area contributed by atoms with Gasteiger partial charge in [0.1, 0.15) is 5.82 Å². The highest BCUT2D eigenvalue weighted by molar-refractivity contribution is 7.99. The van der Waals surface area contributed by atoms with Gasteiger partial charge in [0.25, 0.3) is 0 Å². The first-order valence-electron chi connectivity index (χ1n) is 9.05. The van der Waals surface area contributed by atoms with Gasteiger partial charge >= 0.3 is 0 Å². The molecule has 0 atom stereocenters. The van der Waals surface area contributed by atoms with E-state index < -0.39 is 0 Å². The van der Waals surface area contributed by atoms with E-state index in [9.17, 15) is 9.59 Å². The Kier molecular flexibility index (Phi) is 7.83. The molecule has 0 saturated carbocycles. The van der Waals surface area contributed by atoms with Crippen molar-refractivity contribution in [1.82, 2.24) is 14.8 Å². The number of carbonyl (C=O) groups excluding carboxylic acids is 2. The lowest BCUT2D eigenvalue weighted by Gasteiger charge is -2.09. The maximum atomic E-state index is 12.4. The zero-order valence-electron chi connectivity index (χ0n) is 16.6. The Balaban J connectivity index is 1.57. The maximum absolute atomic E-state index is 12.4. The minimum absolute atomic E-state index is 0.0131. The van der Waals surface area contributed by atoms with E-state index in [1.807, 2.05) is 13.0 Å². The minimum Gasteiger partial charge on any atom is -0.325 e. The van der Waals surface area contributed by atoms with Crippen LogP contribution in [0.4, 0.5) is 11.4 Å². The van der Waals surface area contributed by atoms with Crippen LogP contribution in [0.2, 0.25) is 15.1 Å². The first-order chi connectivity index (χ1) is 14.7. The smallest absolute Gasteiger partial charge is 0.234 e. The topological polar surface area (TPSA) is 88.9 Å². The lowest BCUT2D eigenvalue weighted by molar-refractivity contribution is -0.116. The van der Waals surface area contributed by atoms with Gasteiger partial charge in [0, 0.05) is 17.8 Å². The van der Waals surface area contributed by atoms with Crippen molar-refractivity contribution in [2.24, 2.45) is 7.05 Å². The molecule has 2 N–H and O–H groups in total. The number of rotatable bonds is 7. The summed E-state index contributed by atoms with van der Waals surface area (Å²) in [6, 6.07) is 10.3. The average Bonchev–Trinajstić information content (AvgIpc) is 3.06. The Bertz CT molecular complexity index is 1140. The van der Waals surface area contributed by atoms with Gasteiger partial charge in [-0.15, -0.1) is 10.2 Å². The largest absolute Gasteiger partial charge is 0.325 e. The van der Waals surface area contributed by atoms with E-state index in [4.69, 9.17) is 34.8 Å². The molecule has 0 aliphatic rings. The summed E-state index contributed by atoms with van der Waals surface area (Å²) in [5.41, 5.74) is 1.99. The van der Waals surface area contributed by atoms with Crippen LogP contribution in [-0.4, -0.2) is 32.3 Å². The molecule has 0 radical (unpaired) electrons. The minimum atomic E-state index is -0.314. The first-order valence-corrected chi connectivity index (χ1v) is 11.2. The molecular weight excluding hydrogens is 481 g/mol. The fraction of sp³-hybridized carbons (Fsp3) is 0.200. The molecule has 0 spiro atoms. The van der Waals surface area contributed by atoms with Crippen molar-refractivity contribution in [2.45, 2.75) is 18.5 Å². The normalized spacial score (nSPS) is 10.7. The molecule has 0 saturated heterocycles. The second kappa shape index (κ2) is 10.4. The Morgan fingerprint density at radius 3 is 2.55 bits per heavy atom. The molecule has 2 amide bonds. The van der Waals surface area contributed by atoms with Gasteiger partial charge in [0.15, 0.2) is 5.16 Å². The number of hydrogen-bond donors (Lipinski definition) is 2. The molecule has 0 bridgehead atoms. The molecule has 3 rings (SSSR count). The van der Waals surface area contributed by atoms with Crippen LogP contribution < -0.4 is 10.6 Å². The van der Waals surface area contributed by atoms with Crippen molar-refractivity contribution >= 4 is 69.8 Å². The number of aromatic nitrogens is 3. The van der Waals surface area contributed by atoms with Crippen molar-refractivity contribution in [3.05, 3.63) is 62.9 Å². The standard InChI is InChI=1S/C20H18Cl3N5O2S/c1-11-6-7-12(21)8-15(11)25-18(30)10-31-20-27-26-16(28(20)2)9-17(29)24-14-5-3-4-13(22)19(14)23/h3-8H,9-10H2,1-2H3,(H,24,29)(H,25,30). The van der Waals surface area contributed by atoms with Crippen LogP contribution in [0.15, 0.2) is 41.6 Å². The highest BCUT2D eigenvalue weighted by Crippen LogP contribution is 2.29. The Labute approximate surface area is 198 Å². The van der Waals surface area contributed by atoms with E-state index in [0.29, 0.717) is 32.4 Å². The van der Waals surface area contributed by atoms with Crippen LogP contribution >= 0.6 is 46.6 Å². The highest BCUT2D eigenvalue weighted by atomic mass is 35.5. The Morgan fingerprint density at radius 2 is 1.77 bits per heavy atom. The van der Waals surface area contributed by atoms with Crippen molar-refractivity contribution < 1.29 is 9.59 Å². The van der Waals surface area contributed by atoms with Gasteiger partial charge in [-0.05, 0) is 36.8 Å². The number of aryl methyl sites for hydroxylation is 1. The van der Waals surface area contributed by atoms with E-state index in [0.717, 1.165) is 5.56 Å². The Hall–Kier alpha value is -2.26. The fourth-order valence-electron chi connectivity index (χ4n) is 2.61. The van der Waals surface area contributed by atoms with E-state index in [1.165, 1.54) is 11.8 Å². The molecule has 31 heavy (non-hydrogen) atoms. The van der Waals surface area contributed by atoms with Gasteiger partial charge in [0.05, 0.1) is 27.9 Å². The molecule has 7 nitrogen and oxygen atoms in total. The summed E-state index contributed by atoms with van der Waals surface area (Å²) in [6.07, 6.45) is -0.0131. The fourth-order valence-corrected chi connectivity index (χ4v) is 3.86. The first kappa shape index (κ1) is 23.4. The molecular formula is C20H18Cl3N5O2S. The number of halogens is 3. The van der Waals surface area contributed by atoms with Crippen LogP contribution in [0.5, 0.6) is 0 Å². The van der Waals surface area contributed by atoms with Crippen molar-refractivity contribution in [3.8, 4) is 0 Å². The molecule has 1 aromatic heterocycles. The zero-order chi connectivity index (χ0) is 22.5. The Morgan fingerprint density at radius 1 is 1.03 bits per heavy atom. The van der Waals surface area contributed by atoms with Gasteiger partial charge < -0.3 is 15.2 Å². The van der Waals surface area contributed by atoms with Crippen LogP contribution in [0, 0.1) is 6.92 Å². The predicted octanol–water partition coefficient (Wildman–Crippen LogP) is 5.00. The summed E-state index contributed by atoms with van der Waals surface area (Å²) in [7, 11) is 1.73. The van der Waals surface area contributed by atoms with E-state index in [-0.39, 0.29) is 29.0 Å². The average molecular weight is 499 g/mol. The van der Waals surface area contributed by atoms with Gasteiger partial charge in [-0.3, -0.25) is 9.59 Å². The summed E-state index contributed by atoms with van der Waals surface area (Å²) in [5, 5.41) is 15.3. The number of nitrogens with zero attached hydrogens (tertiary/aromatic N) is 3. The maximum Gasteiger partial charge on any atom is 0.234 e. The van der Waals surface area contributed by atoms with E-state index in [1.54, 1.807) is 41.9 Å². The summed E-state index contributed by atoms with van der Waals surface area (Å²) >= 11 is 19.3. The summed E-state index contributed by atoms with van der Waals surface area (Å²) in [6.45, 7) is 1.88. The van der Waals surface area contributed by atoms with Crippen LogP contribution in [0.3, 0.4) is 0 Å². The molecule has 0 unspecified atom stereocenters. The lowest BCUT2D eigenvalue weighted by Crippen LogP contribution is -2.17. The van der Waals surface area contributed by atoms with E-state index in [2.05, 4.69) is 20.8 Å². The second-order valence-corrected chi connectivity index (χ2v) is 8.74. The molecule has 0 aliphatic heterocycles. The van der Waals surface area contributed by atoms with Gasteiger partial charge in [-0.25, -0.2) is 0 Å². The van der Waals surface area contributed by atoms with Crippen LogP contribution in [0.1, 0.15) is 11.4 Å². The van der Waals surface area contributed by atoms with Gasteiger partial charge in [-0.2, -0.15) is 0 Å². The number of anilines is 2. The molecule has 1 heterocycles. The quantitative estimate of drug-likeness (QED) is 0.448. The monoisotopic (exact) mass is 497 g/mol. The molecule has 3 aromatic rings. The number of hydrogen-bond acceptors (Lipinski definition) is 5. The highest BCUT2D eigenvalue weighted by Gasteiger charge is 2.16. The van der Waals surface area contributed by atoms with Crippen molar-refractivity contribution in [3.63, 3.8) is 0 Å². The number of thioether (sulfide) groups is 1.